The van der Waals surface area contributed by atoms with E-state index in [1.807, 2.05) is 0 Å². The van der Waals surface area contributed by atoms with Crippen LogP contribution < -0.4 is 0 Å². The van der Waals surface area contributed by atoms with Crippen molar-refractivity contribution in [2.24, 2.45) is 11.3 Å². The quantitative estimate of drug-likeness (QED) is 0.659. The predicted molar refractivity (Wildman–Crippen MR) is 61.4 cm³/mol. The lowest BCUT2D eigenvalue weighted by atomic mass is 9.70. The normalized spacial score (nSPS) is 34.9. The van der Waals surface area contributed by atoms with Gasteiger partial charge in [-0.3, -0.25) is 0 Å². The summed E-state index contributed by atoms with van der Waals surface area (Å²) in [6.45, 7) is 2.29. The van der Waals surface area contributed by atoms with Gasteiger partial charge in [0.2, 0.25) is 0 Å². The highest BCUT2D eigenvalue weighted by molar-refractivity contribution is 5.05. The molecule has 0 spiro atoms. The Balaban J connectivity index is 2.09. The number of hydrogen-bond acceptors (Lipinski definition) is 2. The van der Waals surface area contributed by atoms with Crippen LogP contribution in [-0.2, 0) is 0 Å². The van der Waals surface area contributed by atoms with Crippen LogP contribution in [0.15, 0.2) is 0 Å². The predicted octanol–water partition coefficient (Wildman–Crippen LogP) is 2.80. The molecule has 2 nitrogen and oxygen atoms in total. The van der Waals surface area contributed by atoms with Crippen molar-refractivity contribution in [3.8, 4) is 6.07 Å². The Morgan fingerprint density at radius 1 is 1.13 bits per heavy atom. The van der Waals surface area contributed by atoms with Gasteiger partial charge in [0.25, 0.3) is 0 Å². The summed E-state index contributed by atoms with van der Waals surface area (Å²) in [5.74, 6) is 0.703. The van der Waals surface area contributed by atoms with E-state index in [0.717, 1.165) is 19.4 Å². The van der Waals surface area contributed by atoms with Crippen LogP contribution in [0.25, 0.3) is 0 Å². The molecule has 0 aromatic carbocycles. The summed E-state index contributed by atoms with van der Waals surface area (Å²) in [6.07, 6.45) is 8.76. The van der Waals surface area contributed by atoms with Crippen molar-refractivity contribution in [2.75, 3.05) is 20.1 Å². The minimum absolute atomic E-state index is 0.0290. The first-order valence-corrected chi connectivity index (χ1v) is 6.37. The number of likely N-dealkylation sites (tertiary alicyclic amines) is 1. The van der Waals surface area contributed by atoms with E-state index in [2.05, 4.69) is 18.0 Å². The minimum atomic E-state index is 0.0290. The van der Waals surface area contributed by atoms with Crippen LogP contribution in [0.2, 0.25) is 0 Å². The van der Waals surface area contributed by atoms with Crippen LogP contribution in [0.5, 0.6) is 0 Å². The van der Waals surface area contributed by atoms with Gasteiger partial charge in [0.05, 0.1) is 11.5 Å². The van der Waals surface area contributed by atoms with E-state index < -0.39 is 0 Å². The second-order valence-corrected chi connectivity index (χ2v) is 5.41. The van der Waals surface area contributed by atoms with Gasteiger partial charge < -0.3 is 4.90 Å². The third kappa shape index (κ3) is 2.18. The van der Waals surface area contributed by atoms with Gasteiger partial charge in [0.1, 0.15) is 0 Å². The largest absolute Gasteiger partial charge is 0.306 e. The van der Waals surface area contributed by atoms with Crippen molar-refractivity contribution in [3.05, 3.63) is 0 Å². The smallest absolute Gasteiger partial charge is 0.0693 e. The third-order valence-corrected chi connectivity index (χ3v) is 4.46. The average Bonchev–Trinajstić information content (AvgIpc) is 2.71. The number of nitrogens with zero attached hydrogens (tertiary/aromatic N) is 2. The van der Waals surface area contributed by atoms with Crippen LogP contribution in [0.3, 0.4) is 0 Å². The molecule has 15 heavy (non-hydrogen) atoms. The zero-order valence-electron chi connectivity index (χ0n) is 9.84. The van der Waals surface area contributed by atoms with Gasteiger partial charge in [-0.2, -0.15) is 5.26 Å². The van der Waals surface area contributed by atoms with Crippen molar-refractivity contribution < 1.29 is 0 Å². The fourth-order valence-electron chi connectivity index (χ4n) is 3.38. The lowest BCUT2D eigenvalue weighted by Crippen LogP contribution is -2.29. The van der Waals surface area contributed by atoms with E-state index in [4.69, 9.17) is 0 Å². The minimum Gasteiger partial charge on any atom is -0.306 e. The first-order valence-electron chi connectivity index (χ1n) is 6.37. The molecule has 2 fully saturated rings. The van der Waals surface area contributed by atoms with E-state index in [0.29, 0.717) is 5.92 Å². The fourth-order valence-corrected chi connectivity index (χ4v) is 3.38. The zero-order valence-corrected chi connectivity index (χ0v) is 9.84. The topological polar surface area (TPSA) is 27.0 Å². The molecular weight excluding hydrogens is 184 g/mol. The summed E-state index contributed by atoms with van der Waals surface area (Å²) in [6, 6.07) is 2.69. The summed E-state index contributed by atoms with van der Waals surface area (Å²) in [5, 5.41) is 9.54. The van der Waals surface area contributed by atoms with E-state index in [-0.39, 0.29) is 5.41 Å². The molecule has 1 aliphatic heterocycles. The molecule has 1 aliphatic carbocycles. The zero-order chi connectivity index (χ0) is 10.7. The van der Waals surface area contributed by atoms with Gasteiger partial charge in [-0.1, -0.05) is 12.8 Å². The van der Waals surface area contributed by atoms with Gasteiger partial charge >= 0.3 is 0 Å². The van der Waals surface area contributed by atoms with Crippen LogP contribution in [0, 0.1) is 22.7 Å². The van der Waals surface area contributed by atoms with Crippen LogP contribution in [0.4, 0.5) is 0 Å². The summed E-state index contributed by atoms with van der Waals surface area (Å²) < 4.78 is 0. The first kappa shape index (κ1) is 11.0. The molecule has 0 bridgehead atoms. The Morgan fingerprint density at radius 3 is 2.53 bits per heavy atom. The molecule has 2 aliphatic rings. The maximum atomic E-state index is 9.54. The maximum absolute atomic E-state index is 9.54. The van der Waals surface area contributed by atoms with Crippen molar-refractivity contribution in [1.29, 1.82) is 5.26 Å². The second-order valence-electron chi connectivity index (χ2n) is 5.41. The Hall–Kier alpha value is -0.550. The summed E-state index contributed by atoms with van der Waals surface area (Å²) in [4.78, 5) is 2.38. The van der Waals surface area contributed by atoms with E-state index in [1.165, 1.54) is 38.6 Å². The number of nitriles is 1. The highest BCUT2D eigenvalue weighted by Gasteiger charge is 2.40. The molecular formula is C13H22N2. The number of hydrogen-bond donors (Lipinski definition) is 0. The molecule has 1 saturated carbocycles. The van der Waals surface area contributed by atoms with E-state index in [9.17, 15) is 5.26 Å². The molecule has 0 amide bonds. The third-order valence-electron chi connectivity index (χ3n) is 4.46. The van der Waals surface area contributed by atoms with E-state index in [1.54, 1.807) is 0 Å². The Morgan fingerprint density at radius 2 is 1.87 bits per heavy atom. The van der Waals surface area contributed by atoms with Crippen molar-refractivity contribution in [3.63, 3.8) is 0 Å². The van der Waals surface area contributed by atoms with Crippen molar-refractivity contribution in [1.82, 2.24) is 4.90 Å². The molecule has 0 aromatic rings. The first-order chi connectivity index (χ1) is 7.27. The molecule has 1 unspecified atom stereocenters. The van der Waals surface area contributed by atoms with Crippen molar-refractivity contribution >= 4 is 0 Å². The van der Waals surface area contributed by atoms with Crippen LogP contribution in [-0.4, -0.2) is 25.0 Å². The van der Waals surface area contributed by atoms with Gasteiger partial charge in [-0.15, -0.1) is 0 Å². The lowest BCUT2D eigenvalue weighted by Gasteiger charge is -2.31. The average molecular weight is 206 g/mol. The Kier molecular flexibility index (Phi) is 3.31. The monoisotopic (exact) mass is 206 g/mol. The van der Waals surface area contributed by atoms with Gasteiger partial charge in [0, 0.05) is 0 Å². The second kappa shape index (κ2) is 4.53. The van der Waals surface area contributed by atoms with Crippen molar-refractivity contribution in [2.45, 2.75) is 44.9 Å². The fraction of sp³-hybridized carbons (Fsp3) is 0.923. The maximum Gasteiger partial charge on any atom is 0.0693 e. The molecule has 1 atom stereocenters. The summed E-state index contributed by atoms with van der Waals surface area (Å²) in [5.41, 5.74) is 0.0290. The molecule has 2 rings (SSSR count). The molecule has 0 N–H and O–H groups in total. The molecule has 1 heterocycles. The molecule has 1 saturated heterocycles. The van der Waals surface area contributed by atoms with Crippen LogP contribution in [0.1, 0.15) is 44.9 Å². The Labute approximate surface area is 93.3 Å². The van der Waals surface area contributed by atoms with Gasteiger partial charge in [0.15, 0.2) is 0 Å². The van der Waals surface area contributed by atoms with E-state index >= 15 is 0 Å². The lowest BCUT2D eigenvalue weighted by molar-refractivity contribution is 0.208. The highest BCUT2D eigenvalue weighted by atomic mass is 15.1. The molecule has 0 radical (unpaired) electrons. The summed E-state index contributed by atoms with van der Waals surface area (Å²) >= 11 is 0. The summed E-state index contributed by atoms with van der Waals surface area (Å²) in [7, 11) is 2.18. The molecule has 2 heteroatoms. The Bertz CT molecular complexity index is 250. The highest BCUT2D eigenvalue weighted by Crippen LogP contribution is 2.46. The standard InChI is InChI=1S/C13H22N2/c1-15-9-4-7-13(11-14,8-10-15)12-5-2-3-6-12/h12H,2-10H2,1H3. The molecule has 0 aromatic heterocycles. The number of rotatable bonds is 1. The SMILES string of the molecule is CN1CCCC(C#N)(C2CCCC2)CC1. The van der Waals surface area contributed by atoms with Crippen LogP contribution >= 0.6 is 0 Å². The van der Waals surface area contributed by atoms with Gasteiger partial charge in [-0.05, 0) is 58.2 Å². The molecule has 84 valence electrons. The van der Waals surface area contributed by atoms with Gasteiger partial charge in [-0.25, -0.2) is 0 Å².